The molecular weight excluding hydrogens is 420 g/mol. The third-order valence-electron chi connectivity index (χ3n) is 5.04. The summed E-state index contributed by atoms with van der Waals surface area (Å²) >= 11 is 0. The predicted octanol–water partition coefficient (Wildman–Crippen LogP) is 3.38. The van der Waals surface area contributed by atoms with Gasteiger partial charge in [0, 0.05) is 18.8 Å². The van der Waals surface area contributed by atoms with E-state index >= 15 is 0 Å². The van der Waals surface area contributed by atoms with Crippen molar-refractivity contribution in [1.29, 1.82) is 0 Å². The molecule has 30 heavy (non-hydrogen) atoms. The van der Waals surface area contributed by atoms with Crippen LogP contribution in [0.2, 0.25) is 0 Å². The number of rotatable bonds is 6. The molecule has 0 bridgehead atoms. The van der Waals surface area contributed by atoms with Crippen molar-refractivity contribution in [3.05, 3.63) is 95.6 Å². The SMILES string of the molecule is O=S(=O)(Cc1ccccc1)Nc1ccc2c(c1)CN(S(=O)(=O)c1ccccc1)CC2. The molecule has 0 fully saturated rings. The van der Waals surface area contributed by atoms with E-state index in [9.17, 15) is 16.8 Å². The molecule has 0 atom stereocenters. The van der Waals surface area contributed by atoms with E-state index in [1.165, 1.54) is 4.31 Å². The maximum atomic E-state index is 12.9. The third kappa shape index (κ3) is 4.56. The summed E-state index contributed by atoms with van der Waals surface area (Å²) in [5.74, 6) is -0.126. The van der Waals surface area contributed by atoms with Gasteiger partial charge in [0.05, 0.1) is 10.6 Å². The Labute approximate surface area is 177 Å². The van der Waals surface area contributed by atoms with Crippen LogP contribution in [0.4, 0.5) is 5.69 Å². The van der Waals surface area contributed by atoms with Crippen LogP contribution in [-0.2, 0) is 38.8 Å². The number of benzene rings is 3. The average Bonchev–Trinajstić information content (AvgIpc) is 2.74. The van der Waals surface area contributed by atoms with E-state index in [-0.39, 0.29) is 17.2 Å². The van der Waals surface area contributed by atoms with Crippen LogP contribution in [-0.4, -0.2) is 27.7 Å². The van der Waals surface area contributed by atoms with Gasteiger partial charge in [-0.3, -0.25) is 4.72 Å². The molecule has 1 aliphatic heterocycles. The van der Waals surface area contributed by atoms with Crippen molar-refractivity contribution >= 4 is 25.7 Å². The molecule has 0 radical (unpaired) electrons. The smallest absolute Gasteiger partial charge is 0.243 e. The lowest BCUT2D eigenvalue weighted by Gasteiger charge is -2.28. The van der Waals surface area contributed by atoms with Gasteiger partial charge in [-0.15, -0.1) is 0 Å². The Hall–Kier alpha value is -2.68. The summed E-state index contributed by atoms with van der Waals surface area (Å²) in [6.07, 6.45) is 0.582. The molecule has 0 amide bonds. The molecule has 1 aliphatic rings. The molecule has 8 heteroatoms. The monoisotopic (exact) mass is 442 g/mol. The highest BCUT2D eigenvalue weighted by atomic mass is 32.2. The number of hydrogen-bond acceptors (Lipinski definition) is 4. The fourth-order valence-corrected chi connectivity index (χ4v) is 6.18. The molecule has 1 N–H and O–H groups in total. The first kappa shape index (κ1) is 20.6. The second-order valence-corrected chi connectivity index (χ2v) is 10.9. The van der Waals surface area contributed by atoms with Crippen molar-refractivity contribution in [3.8, 4) is 0 Å². The molecule has 0 unspecified atom stereocenters. The van der Waals surface area contributed by atoms with Crippen LogP contribution in [0.5, 0.6) is 0 Å². The standard InChI is InChI=1S/C22H22N2O4S2/c25-29(26,17-18-7-3-1-4-8-18)23-21-12-11-19-13-14-24(16-20(19)15-21)30(27,28)22-9-5-2-6-10-22/h1-12,15,23H,13-14,16-17H2. The van der Waals surface area contributed by atoms with Crippen molar-refractivity contribution in [2.75, 3.05) is 11.3 Å². The second-order valence-electron chi connectivity index (χ2n) is 7.23. The minimum Gasteiger partial charge on any atom is -0.283 e. The first-order valence-electron chi connectivity index (χ1n) is 9.55. The topological polar surface area (TPSA) is 83.6 Å². The zero-order valence-electron chi connectivity index (χ0n) is 16.2. The van der Waals surface area contributed by atoms with E-state index in [2.05, 4.69) is 4.72 Å². The first-order chi connectivity index (χ1) is 14.3. The second kappa shape index (κ2) is 8.22. The maximum absolute atomic E-state index is 12.9. The first-order valence-corrected chi connectivity index (χ1v) is 12.6. The fourth-order valence-electron chi connectivity index (χ4n) is 3.55. The van der Waals surface area contributed by atoms with Crippen LogP contribution in [0.1, 0.15) is 16.7 Å². The average molecular weight is 443 g/mol. The molecule has 156 valence electrons. The molecule has 3 aromatic carbocycles. The van der Waals surface area contributed by atoms with Gasteiger partial charge in [0.1, 0.15) is 0 Å². The predicted molar refractivity (Wildman–Crippen MR) is 117 cm³/mol. The van der Waals surface area contributed by atoms with Gasteiger partial charge in [0.25, 0.3) is 0 Å². The molecule has 1 heterocycles. The zero-order chi connectivity index (χ0) is 21.2. The van der Waals surface area contributed by atoms with Crippen molar-refractivity contribution in [2.45, 2.75) is 23.6 Å². The highest BCUT2D eigenvalue weighted by Gasteiger charge is 2.28. The van der Waals surface area contributed by atoms with Gasteiger partial charge in [-0.05, 0) is 47.4 Å². The summed E-state index contributed by atoms with van der Waals surface area (Å²) < 4.78 is 55.0. The molecule has 0 spiro atoms. The Morgan fingerprint density at radius 1 is 0.800 bits per heavy atom. The van der Waals surface area contributed by atoms with Crippen molar-refractivity contribution < 1.29 is 16.8 Å². The molecule has 4 rings (SSSR count). The van der Waals surface area contributed by atoms with Crippen LogP contribution in [0.3, 0.4) is 0 Å². The lowest BCUT2D eigenvalue weighted by Crippen LogP contribution is -2.36. The molecule has 0 saturated heterocycles. The van der Waals surface area contributed by atoms with E-state index < -0.39 is 20.0 Å². The van der Waals surface area contributed by atoms with Gasteiger partial charge < -0.3 is 0 Å². The summed E-state index contributed by atoms with van der Waals surface area (Å²) in [6.45, 7) is 0.601. The van der Waals surface area contributed by atoms with Gasteiger partial charge in [-0.1, -0.05) is 54.6 Å². The highest BCUT2D eigenvalue weighted by molar-refractivity contribution is 7.91. The van der Waals surface area contributed by atoms with Crippen LogP contribution in [0.15, 0.2) is 83.8 Å². The van der Waals surface area contributed by atoms with Crippen molar-refractivity contribution in [3.63, 3.8) is 0 Å². The van der Waals surface area contributed by atoms with Gasteiger partial charge in [-0.2, -0.15) is 4.31 Å². The Bertz CT molecular complexity index is 1240. The maximum Gasteiger partial charge on any atom is 0.243 e. The Balaban J connectivity index is 1.53. The van der Waals surface area contributed by atoms with Gasteiger partial charge in [-0.25, -0.2) is 16.8 Å². The molecule has 3 aromatic rings. The van der Waals surface area contributed by atoms with Gasteiger partial charge in [0.15, 0.2) is 0 Å². The number of hydrogen-bond donors (Lipinski definition) is 1. The summed E-state index contributed by atoms with van der Waals surface area (Å²) in [6, 6.07) is 22.6. The largest absolute Gasteiger partial charge is 0.283 e. The zero-order valence-corrected chi connectivity index (χ0v) is 17.9. The summed E-state index contributed by atoms with van der Waals surface area (Å²) in [7, 11) is -7.18. The fraction of sp³-hybridized carbons (Fsp3) is 0.182. The van der Waals surface area contributed by atoms with Crippen molar-refractivity contribution in [1.82, 2.24) is 4.31 Å². The van der Waals surface area contributed by atoms with Crippen molar-refractivity contribution in [2.24, 2.45) is 0 Å². The summed E-state index contributed by atoms with van der Waals surface area (Å²) in [5, 5.41) is 0. The van der Waals surface area contributed by atoms with Crippen LogP contribution in [0, 0.1) is 0 Å². The normalized spacial score (nSPS) is 14.8. The Morgan fingerprint density at radius 3 is 2.17 bits per heavy atom. The summed E-state index contributed by atoms with van der Waals surface area (Å²) in [5.41, 5.74) is 2.97. The summed E-state index contributed by atoms with van der Waals surface area (Å²) in [4.78, 5) is 0.258. The van der Waals surface area contributed by atoms with Gasteiger partial charge in [0.2, 0.25) is 20.0 Å². The molecule has 6 nitrogen and oxygen atoms in total. The number of sulfonamides is 2. The van der Waals surface area contributed by atoms with E-state index in [1.807, 2.05) is 12.1 Å². The van der Waals surface area contributed by atoms with Crippen LogP contribution >= 0.6 is 0 Å². The number of nitrogens with one attached hydrogen (secondary N) is 1. The van der Waals surface area contributed by atoms with Crippen LogP contribution in [0.25, 0.3) is 0 Å². The quantitative estimate of drug-likeness (QED) is 0.634. The van der Waals surface area contributed by atoms with E-state index in [4.69, 9.17) is 0 Å². The van der Waals surface area contributed by atoms with E-state index in [0.29, 0.717) is 24.2 Å². The number of fused-ring (bicyclic) bond motifs is 1. The minimum atomic E-state index is -3.60. The lowest BCUT2D eigenvalue weighted by atomic mass is 10.0. The lowest BCUT2D eigenvalue weighted by molar-refractivity contribution is 0.391. The number of nitrogens with zero attached hydrogens (tertiary/aromatic N) is 1. The third-order valence-corrected chi connectivity index (χ3v) is 8.16. The highest BCUT2D eigenvalue weighted by Crippen LogP contribution is 2.27. The van der Waals surface area contributed by atoms with Gasteiger partial charge >= 0.3 is 0 Å². The Morgan fingerprint density at radius 2 is 1.47 bits per heavy atom. The van der Waals surface area contributed by atoms with Crippen LogP contribution < -0.4 is 4.72 Å². The number of anilines is 1. The van der Waals surface area contributed by atoms with E-state index in [1.54, 1.807) is 66.7 Å². The molecular formula is C22H22N2O4S2. The molecule has 0 saturated carbocycles. The molecule has 0 aromatic heterocycles. The molecule has 0 aliphatic carbocycles. The van der Waals surface area contributed by atoms with E-state index in [0.717, 1.165) is 11.1 Å². The minimum absolute atomic E-state index is 0.126. The Kier molecular flexibility index (Phi) is 5.64.